The van der Waals surface area contributed by atoms with Gasteiger partial charge in [0.15, 0.2) is 11.5 Å². The first-order chi connectivity index (χ1) is 9.02. The number of aromatic hydroxyl groups is 1. The molecule has 1 heterocycles. The summed E-state index contributed by atoms with van der Waals surface area (Å²) in [5.41, 5.74) is 1.53. The number of methoxy groups -OCH3 is 1. The van der Waals surface area contributed by atoms with Crippen LogP contribution in [0.2, 0.25) is 0 Å². The van der Waals surface area contributed by atoms with Crippen LogP contribution in [0.25, 0.3) is 0 Å². The molecule has 1 atom stereocenters. The van der Waals surface area contributed by atoms with Crippen molar-refractivity contribution in [3.05, 3.63) is 23.8 Å². The Kier molecular flexibility index (Phi) is 6.11. The maximum Gasteiger partial charge on any atom is 0.160 e. The molecule has 4 nitrogen and oxygen atoms in total. The van der Waals surface area contributed by atoms with E-state index in [0.717, 1.165) is 31.7 Å². The molecule has 0 amide bonds. The topological polar surface area (TPSA) is 44.7 Å². The standard InChI is InChI=1S/C15H24N2O2.ClH/c1-15(6-7-16-10-15)11-17(2)9-12-4-5-13(18)14(8-12)19-3;/h4-5,8,16,18H,6-7,9-11H2,1-3H3;1H. The molecule has 0 radical (unpaired) electrons. The number of ether oxygens (including phenoxy) is 1. The predicted molar refractivity (Wildman–Crippen MR) is 83.8 cm³/mol. The molecule has 114 valence electrons. The highest BCUT2D eigenvalue weighted by atomic mass is 35.5. The number of benzene rings is 1. The Balaban J connectivity index is 0.00000200. The SMILES string of the molecule is COc1cc(CN(C)CC2(C)CCNC2)ccc1O.Cl. The lowest BCUT2D eigenvalue weighted by molar-refractivity contribution is 0.203. The molecule has 2 rings (SSSR count). The van der Waals surface area contributed by atoms with E-state index in [2.05, 4.69) is 24.2 Å². The molecule has 1 aromatic rings. The molecule has 0 aromatic heterocycles. The minimum atomic E-state index is 0. The number of nitrogens with one attached hydrogen (secondary N) is 1. The zero-order chi connectivity index (χ0) is 13.9. The minimum absolute atomic E-state index is 0. The van der Waals surface area contributed by atoms with Crippen molar-refractivity contribution in [1.82, 2.24) is 10.2 Å². The van der Waals surface area contributed by atoms with Crippen molar-refractivity contribution in [1.29, 1.82) is 0 Å². The van der Waals surface area contributed by atoms with Gasteiger partial charge in [0.05, 0.1) is 7.11 Å². The molecule has 1 aliphatic heterocycles. The van der Waals surface area contributed by atoms with E-state index in [1.54, 1.807) is 13.2 Å². The molecule has 20 heavy (non-hydrogen) atoms. The summed E-state index contributed by atoms with van der Waals surface area (Å²) in [6.45, 7) is 6.49. The third-order valence-electron chi connectivity index (χ3n) is 3.81. The summed E-state index contributed by atoms with van der Waals surface area (Å²) >= 11 is 0. The zero-order valence-corrected chi connectivity index (χ0v) is 13.3. The smallest absolute Gasteiger partial charge is 0.160 e. The normalized spacial score (nSPS) is 21.8. The predicted octanol–water partition coefficient (Wildman–Crippen LogP) is 2.25. The van der Waals surface area contributed by atoms with E-state index in [1.165, 1.54) is 6.42 Å². The second-order valence-corrected chi connectivity index (χ2v) is 5.92. The Labute approximate surface area is 127 Å². The van der Waals surface area contributed by atoms with Crippen molar-refractivity contribution in [2.75, 3.05) is 33.8 Å². The van der Waals surface area contributed by atoms with Gasteiger partial charge >= 0.3 is 0 Å². The van der Waals surface area contributed by atoms with Gasteiger partial charge < -0.3 is 20.1 Å². The Morgan fingerprint density at radius 2 is 2.20 bits per heavy atom. The number of nitrogens with zero attached hydrogens (tertiary/aromatic N) is 1. The molecule has 0 spiro atoms. The van der Waals surface area contributed by atoms with Crippen molar-refractivity contribution in [2.24, 2.45) is 5.41 Å². The van der Waals surface area contributed by atoms with Gasteiger partial charge in [0.1, 0.15) is 0 Å². The van der Waals surface area contributed by atoms with Crippen molar-refractivity contribution < 1.29 is 9.84 Å². The van der Waals surface area contributed by atoms with Crippen molar-refractivity contribution >= 4 is 12.4 Å². The maximum atomic E-state index is 9.59. The molecular weight excluding hydrogens is 276 g/mol. The fraction of sp³-hybridized carbons (Fsp3) is 0.600. The number of rotatable bonds is 5. The van der Waals surface area contributed by atoms with Crippen LogP contribution in [0.15, 0.2) is 18.2 Å². The minimum Gasteiger partial charge on any atom is -0.504 e. The van der Waals surface area contributed by atoms with Gasteiger partial charge in [0, 0.05) is 19.6 Å². The molecule has 2 N–H and O–H groups in total. The summed E-state index contributed by atoms with van der Waals surface area (Å²) < 4.78 is 5.14. The maximum absolute atomic E-state index is 9.59. The Morgan fingerprint density at radius 1 is 1.45 bits per heavy atom. The van der Waals surface area contributed by atoms with Crippen LogP contribution < -0.4 is 10.1 Å². The van der Waals surface area contributed by atoms with E-state index in [-0.39, 0.29) is 18.2 Å². The van der Waals surface area contributed by atoms with Crippen LogP contribution in [-0.2, 0) is 6.54 Å². The molecule has 1 fully saturated rings. The van der Waals surface area contributed by atoms with Gasteiger partial charge in [-0.25, -0.2) is 0 Å². The number of halogens is 1. The summed E-state index contributed by atoms with van der Waals surface area (Å²) in [6.07, 6.45) is 1.23. The second-order valence-electron chi connectivity index (χ2n) is 5.92. The van der Waals surface area contributed by atoms with Crippen molar-refractivity contribution in [2.45, 2.75) is 19.9 Å². The second kappa shape index (κ2) is 7.16. The first kappa shape index (κ1) is 17.1. The van der Waals surface area contributed by atoms with E-state index in [9.17, 15) is 5.11 Å². The first-order valence-electron chi connectivity index (χ1n) is 6.78. The summed E-state index contributed by atoms with van der Waals surface area (Å²) in [5.74, 6) is 0.737. The fourth-order valence-corrected chi connectivity index (χ4v) is 2.84. The van der Waals surface area contributed by atoms with Gasteiger partial charge in [-0.15, -0.1) is 12.4 Å². The van der Waals surface area contributed by atoms with Gasteiger partial charge in [-0.05, 0) is 43.1 Å². The van der Waals surface area contributed by atoms with Crippen molar-refractivity contribution in [3.8, 4) is 11.5 Å². The molecule has 1 aromatic carbocycles. The largest absolute Gasteiger partial charge is 0.504 e. The Hall–Kier alpha value is -0.970. The average molecular weight is 301 g/mol. The zero-order valence-electron chi connectivity index (χ0n) is 12.5. The van der Waals surface area contributed by atoms with E-state index >= 15 is 0 Å². The van der Waals surface area contributed by atoms with E-state index < -0.39 is 0 Å². The van der Waals surface area contributed by atoms with Gasteiger partial charge in [0.25, 0.3) is 0 Å². The molecule has 5 heteroatoms. The van der Waals surface area contributed by atoms with Crippen LogP contribution in [0, 0.1) is 5.41 Å². The summed E-state index contributed by atoms with van der Waals surface area (Å²) in [7, 11) is 3.72. The van der Waals surface area contributed by atoms with Crippen LogP contribution in [0.3, 0.4) is 0 Å². The summed E-state index contributed by atoms with van der Waals surface area (Å²) in [4.78, 5) is 2.33. The van der Waals surface area contributed by atoms with Crippen LogP contribution in [0.1, 0.15) is 18.9 Å². The molecule has 1 aliphatic rings. The Bertz CT molecular complexity index is 434. The molecule has 0 saturated carbocycles. The third kappa shape index (κ3) is 4.27. The lowest BCUT2D eigenvalue weighted by Crippen LogP contribution is -2.34. The van der Waals surface area contributed by atoms with Crippen LogP contribution in [-0.4, -0.2) is 43.8 Å². The van der Waals surface area contributed by atoms with E-state index in [0.29, 0.717) is 11.2 Å². The highest BCUT2D eigenvalue weighted by molar-refractivity contribution is 5.85. The monoisotopic (exact) mass is 300 g/mol. The lowest BCUT2D eigenvalue weighted by atomic mass is 9.89. The highest BCUT2D eigenvalue weighted by Gasteiger charge is 2.29. The quantitative estimate of drug-likeness (QED) is 0.875. The van der Waals surface area contributed by atoms with Crippen LogP contribution >= 0.6 is 12.4 Å². The van der Waals surface area contributed by atoms with Gasteiger partial charge in [-0.2, -0.15) is 0 Å². The van der Waals surface area contributed by atoms with Gasteiger partial charge in [-0.3, -0.25) is 0 Å². The number of hydrogen-bond donors (Lipinski definition) is 2. The van der Waals surface area contributed by atoms with E-state index in [1.807, 2.05) is 12.1 Å². The lowest BCUT2D eigenvalue weighted by Gasteiger charge is -2.29. The van der Waals surface area contributed by atoms with E-state index in [4.69, 9.17) is 4.74 Å². The van der Waals surface area contributed by atoms with Crippen LogP contribution in [0.5, 0.6) is 11.5 Å². The van der Waals surface area contributed by atoms with Gasteiger partial charge in [0.2, 0.25) is 0 Å². The summed E-state index contributed by atoms with van der Waals surface area (Å²) in [5, 5.41) is 13.0. The molecule has 1 unspecified atom stereocenters. The highest BCUT2D eigenvalue weighted by Crippen LogP contribution is 2.28. The molecule has 0 aliphatic carbocycles. The summed E-state index contributed by atoms with van der Waals surface area (Å²) in [6, 6.07) is 5.55. The molecule has 0 bridgehead atoms. The Morgan fingerprint density at radius 3 is 2.80 bits per heavy atom. The first-order valence-corrected chi connectivity index (χ1v) is 6.78. The average Bonchev–Trinajstić information content (AvgIpc) is 2.78. The van der Waals surface area contributed by atoms with Crippen LogP contribution in [0.4, 0.5) is 0 Å². The molecular formula is C15H25ClN2O2. The third-order valence-corrected chi connectivity index (χ3v) is 3.81. The van der Waals surface area contributed by atoms with Crippen molar-refractivity contribution in [3.63, 3.8) is 0 Å². The fourth-order valence-electron chi connectivity index (χ4n) is 2.84. The van der Waals surface area contributed by atoms with Gasteiger partial charge in [-0.1, -0.05) is 13.0 Å². The number of hydrogen-bond acceptors (Lipinski definition) is 4. The number of phenols is 1. The number of phenolic OH excluding ortho intramolecular Hbond substituents is 1. The molecule has 1 saturated heterocycles.